The van der Waals surface area contributed by atoms with Gasteiger partial charge in [-0.25, -0.2) is 4.68 Å². The first-order valence-electron chi connectivity index (χ1n) is 9.66. The van der Waals surface area contributed by atoms with Crippen LogP contribution in [0.25, 0.3) is 11.3 Å². The van der Waals surface area contributed by atoms with E-state index in [4.69, 9.17) is 9.47 Å². The number of anilines is 1. The number of carbonyl (C=O) groups is 1. The van der Waals surface area contributed by atoms with E-state index in [0.717, 1.165) is 11.1 Å². The zero-order chi connectivity index (χ0) is 21.7. The monoisotopic (exact) mass is 407 g/mol. The number of nitrogens with one attached hydrogen (secondary N) is 1. The van der Waals surface area contributed by atoms with Crippen LogP contribution in [0.4, 0.5) is 5.69 Å². The van der Waals surface area contributed by atoms with Crippen LogP contribution in [0.15, 0.2) is 59.4 Å². The van der Waals surface area contributed by atoms with Gasteiger partial charge in [0.1, 0.15) is 17.5 Å². The summed E-state index contributed by atoms with van der Waals surface area (Å²) in [7, 11) is 3.07. The minimum absolute atomic E-state index is 0.337. The lowest BCUT2D eigenvalue weighted by atomic mass is 10.1. The number of aromatic nitrogens is 2. The molecule has 1 N–H and O–H groups in total. The highest BCUT2D eigenvalue weighted by atomic mass is 16.5. The summed E-state index contributed by atoms with van der Waals surface area (Å²) in [5.41, 5.74) is 2.81. The second kappa shape index (κ2) is 9.26. The predicted molar refractivity (Wildman–Crippen MR) is 116 cm³/mol. The van der Waals surface area contributed by atoms with Gasteiger partial charge in [-0.05, 0) is 19.4 Å². The Morgan fingerprint density at radius 2 is 1.67 bits per heavy atom. The number of nitrogens with zero attached hydrogens (tertiary/aromatic N) is 2. The average molecular weight is 407 g/mol. The largest absolute Gasteiger partial charge is 0.497 e. The van der Waals surface area contributed by atoms with E-state index in [2.05, 4.69) is 10.4 Å². The highest BCUT2D eigenvalue weighted by molar-refractivity contribution is 5.94. The van der Waals surface area contributed by atoms with Gasteiger partial charge in [-0.1, -0.05) is 36.8 Å². The molecule has 0 fully saturated rings. The Labute approximate surface area is 175 Å². The molecule has 0 saturated heterocycles. The zero-order valence-electron chi connectivity index (χ0n) is 17.5. The van der Waals surface area contributed by atoms with Crippen LogP contribution in [-0.4, -0.2) is 29.9 Å². The van der Waals surface area contributed by atoms with Crippen LogP contribution >= 0.6 is 0 Å². The minimum atomic E-state index is -0.764. The second-order valence-corrected chi connectivity index (χ2v) is 6.88. The topological polar surface area (TPSA) is 82.4 Å². The van der Waals surface area contributed by atoms with Gasteiger partial charge in [0.05, 0.1) is 19.9 Å². The summed E-state index contributed by atoms with van der Waals surface area (Å²) >= 11 is 0. The SMILES string of the molecule is CC[C@@H](C(=O)Nc1cc(OC)cc(OC)c1)n1nc(-c2ccc(C)cc2)ccc1=O. The van der Waals surface area contributed by atoms with Crippen molar-refractivity contribution in [3.05, 3.63) is 70.5 Å². The maximum atomic E-state index is 13.0. The lowest BCUT2D eigenvalue weighted by Gasteiger charge is -2.18. The number of carbonyl (C=O) groups excluding carboxylic acids is 1. The van der Waals surface area contributed by atoms with E-state index in [1.54, 1.807) is 24.3 Å². The smallest absolute Gasteiger partial charge is 0.267 e. The summed E-state index contributed by atoms with van der Waals surface area (Å²) in [5, 5.41) is 7.30. The van der Waals surface area contributed by atoms with E-state index in [1.807, 2.05) is 38.1 Å². The number of methoxy groups -OCH3 is 2. The van der Waals surface area contributed by atoms with E-state index in [9.17, 15) is 9.59 Å². The van der Waals surface area contributed by atoms with E-state index in [0.29, 0.717) is 29.3 Å². The molecule has 0 spiro atoms. The fourth-order valence-electron chi connectivity index (χ4n) is 3.10. The van der Waals surface area contributed by atoms with Crippen LogP contribution in [0.3, 0.4) is 0 Å². The van der Waals surface area contributed by atoms with Crippen molar-refractivity contribution in [1.82, 2.24) is 9.78 Å². The first kappa shape index (κ1) is 21.1. The third-order valence-electron chi connectivity index (χ3n) is 4.78. The highest BCUT2D eigenvalue weighted by Crippen LogP contribution is 2.26. The number of ether oxygens (including phenoxy) is 2. The molecule has 0 bridgehead atoms. The Bertz CT molecular complexity index is 1070. The Hall–Kier alpha value is -3.61. The van der Waals surface area contributed by atoms with Gasteiger partial charge < -0.3 is 14.8 Å². The third kappa shape index (κ3) is 4.68. The second-order valence-electron chi connectivity index (χ2n) is 6.88. The molecule has 0 saturated carbocycles. The van der Waals surface area contributed by atoms with Crippen molar-refractivity contribution in [2.24, 2.45) is 0 Å². The van der Waals surface area contributed by atoms with Gasteiger partial charge in [0, 0.05) is 35.5 Å². The lowest BCUT2D eigenvalue weighted by Crippen LogP contribution is -2.34. The van der Waals surface area contributed by atoms with Crippen molar-refractivity contribution >= 4 is 11.6 Å². The van der Waals surface area contributed by atoms with Crippen molar-refractivity contribution in [3.63, 3.8) is 0 Å². The van der Waals surface area contributed by atoms with Crippen molar-refractivity contribution in [1.29, 1.82) is 0 Å². The van der Waals surface area contributed by atoms with Crippen LogP contribution < -0.4 is 20.3 Å². The molecule has 0 unspecified atom stereocenters. The first-order chi connectivity index (χ1) is 14.4. The highest BCUT2D eigenvalue weighted by Gasteiger charge is 2.22. The molecular weight excluding hydrogens is 382 g/mol. The summed E-state index contributed by atoms with van der Waals surface area (Å²) in [6, 6.07) is 15.3. The van der Waals surface area contributed by atoms with Crippen LogP contribution in [0.1, 0.15) is 24.9 Å². The lowest BCUT2D eigenvalue weighted by molar-refractivity contribution is -0.119. The third-order valence-corrected chi connectivity index (χ3v) is 4.78. The van der Waals surface area contributed by atoms with Gasteiger partial charge in [-0.2, -0.15) is 5.10 Å². The van der Waals surface area contributed by atoms with Crippen LogP contribution in [0, 0.1) is 6.92 Å². The Kier molecular flexibility index (Phi) is 6.51. The average Bonchev–Trinajstić information content (AvgIpc) is 2.75. The number of amides is 1. The normalized spacial score (nSPS) is 11.6. The van der Waals surface area contributed by atoms with Crippen molar-refractivity contribution < 1.29 is 14.3 Å². The van der Waals surface area contributed by atoms with Gasteiger partial charge in [-0.15, -0.1) is 0 Å². The molecule has 1 atom stereocenters. The molecule has 0 aliphatic rings. The Morgan fingerprint density at radius 3 is 2.23 bits per heavy atom. The summed E-state index contributed by atoms with van der Waals surface area (Å²) in [4.78, 5) is 25.5. The van der Waals surface area contributed by atoms with Gasteiger partial charge in [0.2, 0.25) is 5.91 Å². The number of benzene rings is 2. The number of rotatable bonds is 7. The van der Waals surface area contributed by atoms with Gasteiger partial charge >= 0.3 is 0 Å². The van der Waals surface area contributed by atoms with Crippen LogP contribution in [0.2, 0.25) is 0 Å². The molecule has 3 rings (SSSR count). The molecule has 3 aromatic rings. The summed E-state index contributed by atoms with van der Waals surface area (Å²) < 4.78 is 11.7. The van der Waals surface area contributed by atoms with Gasteiger partial charge in [0.15, 0.2) is 0 Å². The van der Waals surface area contributed by atoms with Crippen molar-refractivity contribution in [2.45, 2.75) is 26.3 Å². The maximum Gasteiger partial charge on any atom is 0.267 e. The zero-order valence-corrected chi connectivity index (χ0v) is 17.5. The van der Waals surface area contributed by atoms with E-state index in [1.165, 1.54) is 25.0 Å². The van der Waals surface area contributed by atoms with Gasteiger partial charge in [0.25, 0.3) is 5.56 Å². The van der Waals surface area contributed by atoms with Crippen molar-refractivity contribution in [3.8, 4) is 22.8 Å². The van der Waals surface area contributed by atoms with Crippen molar-refractivity contribution in [2.75, 3.05) is 19.5 Å². The number of aryl methyl sites for hydroxylation is 1. The standard InChI is InChI=1S/C23H25N3O4/c1-5-21(23(28)24-17-12-18(29-3)14-19(13-17)30-4)26-22(27)11-10-20(25-26)16-8-6-15(2)7-9-16/h6-14,21H,5H2,1-4H3,(H,24,28)/t21-/m0/s1. The van der Waals surface area contributed by atoms with E-state index >= 15 is 0 Å². The summed E-state index contributed by atoms with van der Waals surface area (Å²) in [6.07, 6.45) is 0.400. The Balaban J connectivity index is 1.92. The number of hydrogen-bond donors (Lipinski definition) is 1. The molecule has 0 aliphatic heterocycles. The quantitative estimate of drug-likeness (QED) is 0.644. The molecule has 1 aromatic heterocycles. The first-order valence-corrected chi connectivity index (χ1v) is 9.66. The van der Waals surface area contributed by atoms with Gasteiger partial charge in [-0.3, -0.25) is 9.59 Å². The van der Waals surface area contributed by atoms with Crippen LogP contribution in [-0.2, 0) is 4.79 Å². The fourth-order valence-corrected chi connectivity index (χ4v) is 3.10. The molecule has 30 heavy (non-hydrogen) atoms. The molecule has 1 amide bonds. The molecule has 1 heterocycles. The minimum Gasteiger partial charge on any atom is -0.497 e. The maximum absolute atomic E-state index is 13.0. The summed E-state index contributed by atoms with van der Waals surface area (Å²) in [6.45, 7) is 3.84. The van der Waals surface area contributed by atoms with Crippen LogP contribution in [0.5, 0.6) is 11.5 Å². The molecule has 2 aromatic carbocycles. The van der Waals surface area contributed by atoms with E-state index in [-0.39, 0.29) is 11.5 Å². The molecule has 0 aliphatic carbocycles. The number of hydrogen-bond acceptors (Lipinski definition) is 5. The molecular formula is C23H25N3O4. The van der Waals surface area contributed by atoms with E-state index < -0.39 is 6.04 Å². The Morgan fingerprint density at radius 1 is 1.03 bits per heavy atom. The summed E-state index contributed by atoms with van der Waals surface area (Å²) in [5.74, 6) is 0.757. The predicted octanol–water partition coefficient (Wildman–Crippen LogP) is 3.83. The molecule has 0 radical (unpaired) electrons. The fraction of sp³-hybridized carbons (Fsp3) is 0.261. The molecule has 7 nitrogen and oxygen atoms in total. The molecule has 7 heteroatoms. The molecule has 156 valence electrons.